The monoisotopic (exact) mass is 458 g/mol. The zero-order chi connectivity index (χ0) is 23.3. The number of aromatic nitrogens is 7. The van der Waals surface area contributed by atoms with Crippen LogP contribution < -0.4 is 15.5 Å². The molecule has 4 heterocycles. The highest BCUT2D eigenvalue weighted by Gasteiger charge is 2.27. The summed E-state index contributed by atoms with van der Waals surface area (Å²) in [6.45, 7) is 2.96. The number of hydrogen-bond donors (Lipinski definition) is 2. The summed E-state index contributed by atoms with van der Waals surface area (Å²) in [5, 5.41) is 9.97. The second-order valence-electron chi connectivity index (χ2n) is 7.80. The molecule has 1 amide bonds. The van der Waals surface area contributed by atoms with Crippen LogP contribution in [0.1, 0.15) is 31.6 Å². The molecule has 0 unspecified atom stereocenters. The van der Waals surface area contributed by atoms with Crippen LogP contribution in [-0.2, 0) is 4.79 Å². The molecular formula is C22H22N10O2. The Morgan fingerprint density at radius 2 is 1.94 bits per heavy atom. The molecule has 2 N–H and O–H groups in total. The first-order chi connectivity index (χ1) is 16.6. The molecule has 1 aromatic carbocycles. The van der Waals surface area contributed by atoms with E-state index in [2.05, 4.69) is 50.6 Å². The Labute approximate surface area is 194 Å². The number of carbonyl (C=O) groups is 1. The minimum atomic E-state index is -0.131. The third-order valence-corrected chi connectivity index (χ3v) is 5.36. The van der Waals surface area contributed by atoms with Crippen molar-refractivity contribution in [1.82, 2.24) is 35.1 Å². The Hall–Kier alpha value is -4.48. The summed E-state index contributed by atoms with van der Waals surface area (Å²) in [4.78, 5) is 39.3. The van der Waals surface area contributed by atoms with Gasteiger partial charge in [0.15, 0.2) is 0 Å². The van der Waals surface area contributed by atoms with Gasteiger partial charge in [-0.1, -0.05) is 11.2 Å². The SMILES string of the molecule is CC(=O)Nc1cccc(Nc2ncnc(N3CCC(c4nc(-c5cnccn5)no4)CC3)n2)c1. The number of benzene rings is 1. The number of rotatable bonds is 6. The second kappa shape index (κ2) is 9.57. The fourth-order valence-electron chi connectivity index (χ4n) is 3.75. The van der Waals surface area contributed by atoms with Gasteiger partial charge in [0.05, 0.1) is 6.20 Å². The van der Waals surface area contributed by atoms with Crippen LogP contribution in [-0.4, -0.2) is 54.1 Å². The van der Waals surface area contributed by atoms with Crippen LogP contribution in [0.2, 0.25) is 0 Å². The zero-order valence-electron chi connectivity index (χ0n) is 18.4. The Morgan fingerprint density at radius 3 is 2.74 bits per heavy atom. The van der Waals surface area contributed by atoms with Gasteiger partial charge >= 0.3 is 0 Å². The van der Waals surface area contributed by atoms with E-state index < -0.39 is 0 Å². The van der Waals surface area contributed by atoms with Crippen LogP contribution in [0, 0.1) is 0 Å². The van der Waals surface area contributed by atoms with Crippen LogP contribution in [0.25, 0.3) is 11.5 Å². The molecular weight excluding hydrogens is 436 g/mol. The van der Waals surface area contributed by atoms with Crippen molar-refractivity contribution in [3.05, 3.63) is 55.1 Å². The maximum Gasteiger partial charge on any atom is 0.231 e. The topological polar surface area (TPSA) is 148 Å². The average molecular weight is 458 g/mol. The lowest BCUT2D eigenvalue weighted by molar-refractivity contribution is -0.114. The number of amides is 1. The Balaban J connectivity index is 1.22. The number of nitrogens with one attached hydrogen (secondary N) is 2. The standard InChI is InChI=1S/C22H22N10O2/c1-14(33)27-16-3-2-4-17(11-16)28-21-25-13-26-22(30-21)32-9-5-15(6-10-32)20-29-19(31-34-20)18-12-23-7-8-24-18/h2-4,7-8,11-13,15H,5-6,9-10H2,1H3,(H,27,33)(H,25,26,28,30). The molecule has 0 bridgehead atoms. The zero-order valence-corrected chi connectivity index (χ0v) is 18.4. The minimum Gasteiger partial charge on any atom is -0.341 e. The smallest absolute Gasteiger partial charge is 0.231 e. The predicted molar refractivity (Wildman–Crippen MR) is 123 cm³/mol. The van der Waals surface area contributed by atoms with Gasteiger partial charge in [-0.05, 0) is 31.0 Å². The van der Waals surface area contributed by atoms with Gasteiger partial charge in [0, 0.05) is 49.7 Å². The first-order valence-corrected chi connectivity index (χ1v) is 10.8. The maximum absolute atomic E-state index is 11.3. The van der Waals surface area contributed by atoms with Crippen molar-refractivity contribution in [1.29, 1.82) is 0 Å². The molecule has 0 radical (unpaired) electrons. The highest BCUT2D eigenvalue weighted by molar-refractivity contribution is 5.89. The van der Waals surface area contributed by atoms with E-state index in [9.17, 15) is 4.79 Å². The van der Waals surface area contributed by atoms with E-state index >= 15 is 0 Å². The fraction of sp³-hybridized carbons (Fsp3) is 0.273. The van der Waals surface area contributed by atoms with Crippen molar-refractivity contribution in [2.75, 3.05) is 28.6 Å². The van der Waals surface area contributed by atoms with Gasteiger partial charge < -0.3 is 20.1 Å². The van der Waals surface area contributed by atoms with Crippen LogP contribution in [0.5, 0.6) is 0 Å². The first-order valence-electron chi connectivity index (χ1n) is 10.8. The van der Waals surface area contributed by atoms with Gasteiger partial charge in [0.25, 0.3) is 0 Å². The summed E-state index contributed by atoms with van der Waals surface area (Å²) < 4.78 is 5.49. The van der Waals surface area contributed by atoms with Crippen molar-refractivity contribution in [3.8, 4) is 11.5 Å². The third-order valence-electron chi connectivity index (χ3n) is 5.36. The van der Waals surface area contributed by atoms with Gasteiger partial charge in [-0.3, -0.25) is 9.78 Å². The molecule has 0 saturated carbocycles. The second-order valence-corrected chi connectivity index (χ2v) is 7.80. The summed E-state index contributed by atoms with van der Waals surface area (Å²) in [6.07, 6.45) is 7.95. The summed E-state index contributed by atoms with van der Waals surface area (Å²) >= 11 is 0. The fourth-order valence-corrected chi connectivity index (χ4v) is 3.75. The van der Waals surface area contributed by atoms with Crippen LogP contribution >= 0.6 is 0 Å². The quantitative estimate of drug-likeness (QED) is 0.439. The number of anilines is 4. The summed E-state index contributed by atoms with van der Waals surface area (Å²) in [6, 6.07) is 7.35. The molecule has 3 aromatic heterocycles. The normalized spacial score (nSPS) is 14.1. The lowest BCUT2D eigenvalue weighted by Gasteiger charge is -2.30. The van der Waals surface area contributed by atoms with Crippen LogP contribution in [0.3, 0.4) is 0 Å². The molecule has 0 atom stereocenters. The minimum absolute atomic E-state index is 0.131. The Morgan fingerprint density at radius 1 is 1.09 bits per heavy atom. The Bertz CT molecular complexity index is 1270. The molecule has 0 spiro atoms. The maximum atomic E-state index is 11.3. The first kappa shape index (κ1) is 21.4. The van der Waals surface area contributed by atoms with Crippen molar-refractivity contribution in [3.63, 3.8) is 0 Å². The van der Waals surface area contributed by atoms with Gasteiger partial charge in [-0.25, -0.2) is 15.0 Å². The lowest BCUT2D eigenvalue weighted by atomic mass is 9.97. The molecule has 12 heteroatoms. The van der Waals surface area contributed by atoms with Crippen LogP contribution in [0.4, 0.5) is 23.3 Å². The van der Waals surface area contributed by atoms with E-state index in [0.29, 0.717) is 35.0 Å². The van der Waals surface area contributed by atoms with Crippen molar-refractivity contribution in [2.24, 2.45) is 0 Å². The molecule has 5 rings (SSSR count). The highest BCUT2D eigenvalue weighted by Crippen LogP contribution is 2.29. The number of carbonyl (C=O) groups excluding carboxylic acids is 1. The van der Waals surface area contributed by atoms with E-state index in [0.717, 1.165) is 31.6 Å². The summed E-state index contributed by atoms with van der Waals surface area (Å²) in [5.41, 5.74) is 2.04. The van der Waals surface area contributed by atoms with Gasteiger partial charge in [0.2, 0.25) is 29.5 Å². The highest BCUT2D eigenvalue weighted by atomic mass is 16.5. The van der Waals surface area contributed by atoms with Crippen molar-refractivity contribution >= 4 is 29.2 Å². The van der Waals surface area contributed by atoms with E-state index in [-0.39, 0.29) is 11.8 Å². The number of hydrogen-bond acceptors (Lipinski definition) is 11. The predicted octanol–water partition coefficient (Wildman–Crippen LogP) is 2.80. The van der Waals surface area contributed by atoms with Crippen molar-refractivity contribution in [2.45, 2.75) is 25.7 Å². The van der Waals surface area contributed by atoms with Gasteiger partial charge in [-0.15, -0.1) is 0 Å². The Kier molecular flexibility index (Phi) is 6.01. The van der Waals surface area contributed by atoms with Crippen LogP contribution in [0.15, 0.2) is 53.7 Å². The molecule has 34 heavy (non-hydrogen) atoms. The van der Waals surface area contributed by atoms with E-state index in [1.807, 2.05) is 24.3 Å². The molecule has 1 aliphatic heterocycles. The van der Waals surface area contributed by atoms with Gasteiger partial charge in [0.1, 0.15) is 12.0 Å². The molecule has 1 saturated heterocycles. The van der Waals surface area contributed by atoms with Crippen molar-refractivity contribution < 1.29 is 9.32 Å². The third kappa shape index (κ3) is 4.95. The molecule has 0 aliphatic carbocycles. The lowest BCUT2D eigenvalue weighted by Crippen LogP contribution is -2.34. The molecule has 4 aromatic rings. The average Bonchev–Trinajstić information content (AvgIpc) is 3.35. The molecule has 1 fully saturated rings. The summed E-state index contributed by atoms with van der Waals surface area (Å²) in [7, 11) is 0. The van der Waals surface area contributed by atoms with Gasteiger partial charge in [-0.2, -0.15) is 9.97 Å². The van der Waals surface area contributed by atoms with E-state index in [1.54, 1.807) is 18.6 Å². The van der Waals surface area contributed by atoms with E-state index in [4.69, 9.17) is 4.52 Å². The molecule has 1 aliphatic rings. The molecule has 172 valence electrons. The molecule has 12 nitrogen and oxygen atoms in total. The summed E-state index contributed by atoms with van der Waals surface area (Å²) in [5.74, 6) is 2.11. The number of piperidine rings is 1. The van der Waals surface area contributed by atoms with E-state index in [1.165, 1.54) is 13.3 Å². The number of nitrogens with zero attached hydrogens (tertiary/aromatic N) is 8. The largest absolute Gasteiger partial charge is 0.341 e.